The molecule has 4 heterocycles. The molecular formula is C32H33F2N7O10S. The largest absolute Gasteiger partial charge is 0.478 e. The van der Waals surface area contributed by atoms with Crippen LogP contribution in [0.1, 0.15) is 63.0 Å². The van der Waals surface area contributed by atoms with E-state index in [2.05, 4.69) is 30.2 Å². The summed E-state index contributed by atoms with van der Waals surface area (Å²) < 4.78 is 51.9. The second-order valence-electron chi connectivity index (χ2n) is 11.5. The number of amides is 1. The standard InChI is InChI=1S/C32H33F2N7O10S/c1-4-48-20-7-5-19(6-8-20)41-13-22(26(39-41)25-21(33)9-10-24(34)38-25)36-29(44)23-14-52-30(37-23)18-11-35-40(12-18)15-49-32(47)28(51-17(3)43)27(31(45)46)50-16(2)42/h9-14,19-20,27-28H,4-8,15H2,1-3H3,(H,36,44)(H,45,46)/t19-,20-,27-,28-/m0/s1. The summed E-state index contributed by atoms with van der Waals surface area (Å²) in [4.78, 5) is 68.5. The first-order valence-corrected chi connectivity index (χ1v) is 16.8. The Hall–Kier alpha value is -5.63. The molecule has 5 rings (SSSR count). The second-order valence-corrected chi connectivity index (χ2v) is 12.3. The highest BCUT2D eigenvalue weighted by molar-refractivity contribution is 7.13. The van der Waals surface area contributed by atoms with Gasteiger partial charge in [0.05, 0.1) is 24.0 Å². The molecule has 4 aromatic heterocycles. The summed E-state index contributed by atoms with van der Waals surface area (Å²) in [6.07, 6.45) is 3.24. The average Bonchev–Trinajstić information content (AvgIpc) is 3.87. The minimum Gasteiger partial charge on any atom is -0.478 e. The van der Waals surface area contributed by atoms with E-state index in [0.717, 1.165) is 67.7 Å². The van der Waals surface area contributed by atoms with Gasteiger partial charge in [-0.15, -0.1) is 11.3 Å². The van der Waals surface area contributed by atoms with Crippen molar-refractivity contribution in [3.63, 3.8) is 0 Å². The first kappa shape index (κ1) is 37.6. The molecule has 1 aliphatic carbocycles. The fourth-order valence-corrected chi connectivity index (χ4v) is 6.20. The third-order valence-electron chi connectivity index (χ3n) is 7.73. The molecule has 1 amide bonds. The van der Waals surface area contributed by atoms with E-state index in [0.29, 0.717) is 17.2 Å². The summed E-state index contributed by atoms with van der Waals surface area (Å²) in [5.74, 6) is -7.53. The highest BCUT2D eigenvalue weighted by Crippen LogP contribution is 2.35. The monoisotopic (exact) mass is 745 g/mol. The number of carboxylic acids is 1. The smallest absolute Gasteiger partial charge is 0.353 e. The zero-order chi connectivity index (χ0) is 37.5. The Balaban J connectivity index is 1.29. The van der Waals surface area contributed by atoms with Gasteiger partial charge in [0.25, 0.3) is 5.91 Å². The number of aromatic nitrogens is 6. The Morgan fingerprint density at radius 1 is 1.00 bits per heavy atom. The number of aliphatic carboxylic acids is 1. The molecule has 0 spiro atoms. The van der Waals surface area contributed by atoms with Gasteiger partial charge in [-0.3, -0.25) is 19.1 Å². The molecule has 2 atom stereocenters. The van der Waals surface area contributed by atoms with E-state index in [-0.39, 0.29) is 34.9 Å². The molecule has 0 saturated heterocycles. The number of hydrogen-bond donors (Lipinski definition) is 2. The lowest BCUT2D eigenvalue weighted by Crippen LogP contribution is -2.46. The van der Waals surface area contributed by atoms with Gasteiger partial charge in [-0.2, -0.15) is 14.6 Å². The van der Waals surface area contributed by atoms with Gasteiger partial charge in [0.2, 0.25) is 18.2 Å². The van der Waals surface area contributed by atoms with Gasteiger partial charge in [0.1, 0.15) is 22.1 Å². The number of halogens is 2. The van der Waals surface area contributed by atoms with E-state index in [4.69, 9.17) is 14.2 Å². The lowest BCUT2D eigenvalue weighted by Gasteiger charge is -2.28. The van der Waals surface area contributed by atoms with E-state index in [9.17, 15) is 37.9 Å². The van der Waals surface area contributed by atoms with Crippen molar-refractivity contribution in [3.8, 4) is 22.0 Å². The van der Waals surface area contributed by atoms with Crippen molar-refractivity contribution in [1.29, 1.82) is 0 Å². The molecule has 4 aromatic rings. The van der Waals surface area contributed by atoms with Crippen LogP contribution in [0.3, 0.4) is 0 Å². The van der Waals surface area contributed by atoms with E-state index in [1.807, 2.05) is 6.92 Å². The molecule has 0 unspecified atom stereocenters. The number of esters is 3. The highest BCUT2D eigenvalue weighted by atomic mass is 32.1. The normalized spacial score (nSPS) is 16.8. The van der Waals surface area contributed by atoms with Crippen molar-refractivity contribution in [2.45, 2.75) is 77.5 Å². The quantitative estimate of drug-likeness (QED) is 0.107. The molecule has 52 heavy (non-hydrogen) atoms. The number of rotatable bonds is 14. The van der Waals surface area contributed by atoms with Gasteiger partial charge in [-0.1, -0.05) is 0 Å². The molecule has 0 radical (unpaired) electrons. The zero-order valence-electron chi connectivity index (χ0n) is 28.0. The minimum atomic E-state index is -2.16. The Labute approximate surface area is 297 Å². The molecule has 0 bridgehead atoms. The van der Waals surface area contributed by atoms with Crippen LogP contribution in [0.4, 0.5) is 14.5 Å². The van der Waals surface area contributed by atoms with Crippen molar-refractivity contribution < 1.29 is 56.8 Å². The molecule has 0 aromatic carbocycles. The molecule has 1 fully saturated rings. The predicted molar refractivity (Wildman–Crippen MR) is 174 cm³/mol. The van der Waals surface area contributed by atoms with Gasteiger partial charge >= 0.3 is 23.9 Å². The van der Waals surface area contributed by atoms with Gasteiger partial charge in [-0.25, -0.2) is 28.6 Å². The van der Waals surface area contributed by atoms with Gasteiger partial charge in [0, 0.05) is 43.8 Å². The number of anilines is 1. The van der Waals surface area contributed by atoms with Crippen LogP contribution < -0.4 is 5.32 Å². The van der Waals surface area contributed by atoms with Crippen LogP contribution in [0.2, 0.25) is 0 Å². The predicted octanol–water partition coefficient (Wildman–Crippen LogP) is 3.76. The van der Waals surface area contributed by atoms with Crippen LogP contribution in [0.25, 0.3) is 22.0 Å². The van der Waals surface area contributed by atoms with Gasteiger partial charge < -0.3 is 29.4 Å². The molecule has 0 aliphatic heterocycles. The number of pyridine rings is 1. The van der Waals surface area contributed by atoms with Crippen molar-refractivity contribution in [2.75, 3.05) is 11.9 Å². The second kappa shape index (κ2) is 16.6. The van der Waals surface area contributed by atoms with Crippen LogP contribution in [0.15, 0.2) is 36.1 Å². The van der Waals surface area contributed by atoms with Gasteiger partial charge in [-0.05, 0) is 44.7 Å². The molecule has 1 saturated carbocycles. The van der Waals surface area contributed by atoms with Crippen LogP contribution in [-0.4, -0.2) is 89.3 Å². The first-order chi connectivity index (χ1) is 24.8. The number of nitrogens with zero attached hydrogens (tertiary/aromatic N) is 6. The summed E-state index contributed by atoms with van der Waals surface area (Å²) in [5, 5.41) is 22.5. The summed E-state index contributed by atoms with van der Waals surface area (Å²) in [5.41, 5.74) is 0.0681. The van der Waals surface area contributed by atoms with E-state index in [1.165, 1.54) is 17.8 Å². The fraction of sp³-hybridized carbons (Fsp3) is 0.406. The maximum absolute atomic E-state index is 14.9. The number of hydrogen-bond acceptors (Lipinski definition) is 14. The van der Waals surface area contributed by atoms with Crippen molar-refractivity contribution in [3.05, 3.63) is 53.6 Å². The SMILES string of the molecule is CCO[C@H]1CC[C@H](n2cc(NC(=O)c3csc(-c4cnn(COC(=O)[C@@H](OC(C)=O)[C@H](OC(C)=O)C(=O)O)c4)n3)c(-c3nc(F)ccc3F)n2)CC1. The van der Waals surface area contributed by atoms with Crippen molar-refractivity contribution in [2.24, 2.45) is 0 Å². The number of carbonyl (C=O) groups is 5. The summed E-state index contributed by atoms with van der Waals surface area (Å²) in [7, 11) is 0. The average molecular weight is 746 g/mol. The van der Waals surface area contributed by atoms with E-state index < -0.39 is 60.5 Å². The van der Waals surface area contributed by atoms with E-state index in [1.54, 1.807) is 10.9 Å². The van der Waals surface area contributed by atoms with Crippen LogP contribution in [0, 0.1) is 11.8 Å². The number of carbonyl (C=O) groups excluding carboxylic acids is 4. The molecule has 17 nitrogen and oxygen atoms in total. The van der Waals surface area contributed by atoms with Crippen LogP contribution >= 0.6 is 11.3 Å². The topological polar surface area (TPSA) is 216 Å². The molecule has 276 valence electrons. The molecule has 20 heteroatoms. The third kappa shape index (κ3) is 9.18. The number of carboxylic acid groups (broad SMARTS) is 1. The highest BCUT2D eigenvalue weighted by Gasteiger charge is 2.41. The molecule has 1 aliphatic rings. The maximum atomic E-state index is 14.9. The third-order valence-corrected chi connectivity index (χ3v) is 8.62. The summed E-state index contributed by atoms with van der Waals surface area (Å²) in [6.45, 7) is 3.82. The molecule has 2 N–H and O–H groups in total. The van der Waals surface area contributed by atoms with Crippen molar-refractivity contribution in [1.82, 2.24) is 29.5 Å². The maximum Gasteiger partial charge on any atom is 0.353 e. The lowest BCUT2D eigenvalue weighted by atomic mass is 9.93. The summed E-state index contributed by atoms with van der Waals surface area (Å²) in [6, 6.07) is 1.74. The van der Waals surface area contributed by atoms with Gasteiger partial charge in [0.15, 0.2) is 12.5 Å². The first-order valence-electron chi connectivity index (χ1n) is 15.9. The number of thiazole rings is 1. The van der Waals surface area contributed by atoms with Crippen molar-refractivity contribution >= 4 is 46.8 Å². The Morgan fingerprint density at radius 3 is 2.38 bits per heavy atom. The fourth-order valence-electron chi connectivity index (χ4n) is 5.43. The Kier molecular flexibility index (Phi) is 12.0. The van der Waals surface area contributed by atoms with Crippen LogP contribution in [-0.2, 0) is 44.9 Å². The molecular weight excluding hydrogens is 712 g/mol. The summed E-state index contributed by atoms with van der Waals surface area (Å²) >= 11 is 1.08. The number of nitrogens with one attached hydrogen (secondary N) is 1. The van der Waals surface area contributed by atoms with E-state index >= 15 is 0 Å². The van der Waals surface area contributed by atoms with Crippen LogP contribution in [0.5, 0.6) is 0 Å². The minimum absolute atomic E-state index is 0.0165. The number of ether oxygens (including phenoxy) is 4. The zero-order valence-corrected chi connectivity index (χ0v) is 28.8. The Morgan fingerprint density at radius 2 is 1.71 bits per heavy atom. The Bertz CT molecular complexity index is 1960. The lowest BCUT2D eigenvalue weighted by molar-refractivity contribution is -0.190.